The molecule has 1 fully saturated rings. The molecule has 0 aliphatic carbocycles. The van der Waals surface area contributed by atoms with Gasteiger partial charge in [0.05, 0.1) is 11.3 Å². The summed E-state index contributed by atoms with van der Waals surface area (Å²) in [6, 6.07) is 4.42. The number of amides is 1. The predicted octanol–water partition coefficient (Wildman–Crippen LogP) is 2.13. The number of halogens is 1. The third kappa shape index (κ3) is 2.61. The Morgan fingerprint density at radius 3 is 2.50 bits per heavy atom. The summed E-state index contributed by atoms with van der Waals surface area (Å²) in [5, 5.41) is 0. The first-order valence-corrected chi connectivity index (χ1v) is 6.28. The first-order chi connectivity index (χ1) is 8.74. The molecule has 4 nitrogen and oxygen atoms in total. The van der Waals surface area contributed by atoms with Crippen molar-refractivity contribution in [2.24, 2.45) is 5.84 Å². The summed E-state index contributed by atoms with van der Waals surface area (Å²) in [7, 11) is 0. The van der Waals surface area contributed by atoms with Gasteiger partial charge in [-0.15, -0.1) is 0 Å². The molecule has 1 aliphatic heterocycles. The quantitative estimate of drug-likeness (QED) is 0.625. The summed E-state index contributed by atoms with van der Waals surface area (Å²) in [6.45, 7) is 1.47. The van der Waals surface area contributed by atoms with E-state index < -0.39 is 5.82 Å². The van der Waals surface area contributed by atoms with Crippen molar-refractivity contribution in [3.8, 4) is 0 Å². The van der Waals surface area contributed by atoms with Crippen LogP contribution in [0.5, 0.6) is 0 Å². The lowest BCUT2D eigenvalue weighted by Gasteiger charge is -2.21. The fourth-order valence-corrected chi connectivity index (χ4v) is 2.29. The highest BCUT2D eigenvalue weighted by Gasteiger charge is 2.21. The minimum atomic E-state index is -0.502. The molecule has 1 amide bonds. The number of likely N-dealkylation sites (tertiary alicyclic amines) is 1. The number of carbonyl (C=O) groups is 1. The molecule has 0 aromatic heterocycles. The summed E-state index contributed by atoms with van der Waals surface area (Å²) in [4.78, 5) is 14.1. The molecule has 0 unspecified atom stereocenters. The average molecular weight is 251 g/mol. The highest BCUT2D eigenvalue weighted by molar-refractivity contribution is 5.99. The molecule has 1 aliphatic rings. The van der Waals surface area contributed by atoms with Crippen LogP contribution in [0.15, 0.2) is 18.2 Å². The van der Waals surface area contributed by atoms with Crippen molar-refractivity contribution in [3.05, 3.63) is 29.6 Å². The second-order valence-corrected chi connectivity index (χ2v) is 4.51. The minimum absolute atomic E-state index is 0.0757. The van der Waals surface area contributed by atoms with E-state index in [4.69, 9.17) is 5.84 Å². The molecule has 3 N–H and O–H groups in total. The fourth-order valence-electron chi connectivity index (χ4n) is 2.29. The lowest BCUT2D eigenvalue weighted by molar-refractivity contribution is 0.0762. The van der Waals surface area contributed by atoms with Crippen molar-refractivity contribution in [2.45, 2.75) is 25.7 Å². The van der Waals surface area contributed by atoms with Crippen LogP contribution in [0, 0.1) is 5.82 Å². The number of benzene rings is 1. The van der Waals surface area contributed by atoms with Crippen LogP contribution in [0.3, 0.4) is 0 Å². The van der Waals surface area contributed by atoms with Gasteiger partial charge in [0.15, 0.2) is 0 Å². The number of nitrogens with one attached hydrogen (secondary N) is 1. The fraction of sp³-hybridized carbons (Fsp3) is 0.462. The van der Waals surface area contributed by atoms with Gasteiger partial charge in [-0.05, 0) is 25.0 Å². The van der Waals surface area contributed by atoms with E-state index in [0.29, 0.717) is 5.56 Å². The monoisotopic (exact) mass is 251 g/mol. The SMILES string of the molecule is NNc1c(F)cccc1C(=O)N1CCCCCC1. The molecular weight excluding hydrogens is 233 g/mol. The van der Waals surface area contributed by atoms with Crippen LogP contribution in [-0.2, 0) is 0 Å². The smallest absolute Gasteiger partial charge is 0.256 e. The molecule has 0 bridgehead atoms. The Morgan fingerprint density at radius 2 is 1.89 bits per heavy atom. The first kappa shape index (κ1) is 12.8. The Morgan fingerprint density at radius 1 is 1.22 bits per heavy atom. The summed E-state index contributed by atoms with van der Waals surface area (Å²) in [5.41, 5.74) is 2.66. The zero-order valence-corrected chi connectivity index (χ0v) is 10.3. The maximum absolute atomic E-state index is 13.5. The molecular formula is C13H18FN3O. The summed E-state index contributed by atoms with van der Waals surface area (Å²) < 4.78 is 13.5. The van der Waals surface area contributed by atoms with E-state index >= 15 is 0 Å². The molecule has 1 aromatic carbocycles. The van der Waals surface area contributed by atoms with E-state index in [1.165, 1.54) is 12.1 Å². The second-order valence-electron chi connectivity index (χ2n) is 4.51. The number of nitrogens with zero attached hydrogens (tertiary/aromatic N) is 1. The molecule has 0 atom stereocenters. The van der Waals surface area contributed by atoms with E-state index in [-0.39, 0.29) is 11.6 Å². The average Bonchev–Trinajstić information content (AvgIpc) is 2.66. The Hall–Kier alpha value is -1.62. The predicted molar refractivity (Wildman–Crippen MR) is 68.6 cm³/mol. The van der Waals surface area contributed by atoms with Gasteiger partial charge in [-0.3, -0.25) is 10.6 Å². The number of anilines is 1. The summed E-state index contributed by atoms with van der Waals surface area (Å²) in [6.07, 6.45) is 4.31. The number of nitrogens with two attached hydrogens (primary N) is 1. The van der Waals surface area contributed by atoms with Gasteiger partial charge in [0.2, 0.25) is 0 Å². The van der Waals surface area contributed by atoms with Crippen LogP contribution in [0.2, 0.25) is 0 Å². The summed E-state index contributed by atoms with van der Waals surface area (Å²) >= 11 is 0. The van der Waals surface area contributed by atoms with E-state index in [2.05, 4.69) is 5.43 Å². The van der Waals surface area contributed by atoms with Crippen LogP contribution >= 0.6 is 0 Å². The zero-order valence-electron chi connectivity index (χ0n) is 10.3. The normalized spacial score (nSPS) is 16.2. The van der Waals surface area contributed by atoms with Gasteiger partial charge in [0.1, 0.15) is 5.82 Å². The van der Waals surface area contributed by atoms with Gasteiger partial charge in [-0.25, -0.2) is 4.39 Å². The number of hydrazine groups is 1. The molecule has 1 heterocycles. The van der Waals surface area contributed by atoms with Crippen molar-refractivity contribution in [1.82, 2.24) is 4.90 Å². The number of rotatable bonds is 2. The van der Waals surface area contributed by atoms with E-state index in [1.807, 2.05) is 0 Å². The molecule has 0 saturated carbocycles. The number of carbonyl (C=O) groups excluding carboxylic acids is 1. The molecule has 0 radical (unpaired) electrons. The third-order valence-corrected chi connectivity index (χ3v) is 3.28. The molecule has 0 spiro atoms. The zero-order chi connectivity index (χ0) is 13.0. The van der Waals surface area contributed by atoms with Crippen molar-refractivity contribution < 1.29 is 9.18 Å². The molecule has 5 heteroatoms. The van der Waals surface area contributed by atoms with Gasteiger partial charge in [0, 0.05) is 13.1 Å². The van der Waals surface area contributed by atoms with Crippen molar-refractivity contribution in [3.63, 3.8) is 0 Å². The molecule has 2 rings (SSSR count). The van der Waals surface area contributed by atoms with Crippen molar-refractivity contribution >= 4 is 11.6 Å². The summed E-state index contributed by atoms with van der Waals surface area (Å²) in [5.74, 6) is 4.64. The van der Waals surface area contributed by atoms with Crippen LogP contribution < -0.4 is 11.3 Å². The van der Waals surface area contributed by atoms with Gasteiger partial charge >= 0.3 is 0 Å². The topological polar surface area (TPSA) is 58.4 Å². The Balaban J connectivity index is 2.24. The standard InChI is InChI=1S/C13H18FN3O/c14-11-7-5-6-10(12(11)16-15)13(18)17-8-3-1-2-4-9-17/h5-7,16H,1-4,8-9,15H2. The molecule has 18 heavy (non-hydrogen) atoms. The van der Waals surface area contributed by atoms with Gasteiger partial charge in [-0.1, -0.05) is 18.9 Å². The van der Waals surface area contributed by atoms with Crippen LogP contribution in [0.1, 0.15) is 36.0 Å². The Bertz CT molecular complexity index is 428. The van der Waals surface area contributed by atoms with Crippen molar-refractivity contribution in [1.29, 1.82) is 0 Å². The highest BCUT2D eigenvalue weighted by atomic mass is 19.1. The van der Waals surface area contributed by atoms with Gasteiger partial charge in [-0.2, -0.15) is 0 Å². The second kappa shape index (κ2) is 5.82. The number of hydrogen-bond donors (Lipinski definition) is 2. The lowest BCUT2D eigenvalue weighted by Crippen LogP contribution is -2.32. The van der Waals surface area contributed by atoms with E-state index in [9.17, 15) is 9.18 Å². The van der Waals surface area contributed by atoms with Crippen molar-refractivity contribution in [2.75, 3.05) is 18.5 Å². The lowest BCUT2D eigenvalue weighted by atomic mass is 10.1. The largest absolute Gasteiger partial charge is 0.339 e. The maximum atomic E-state index is 13.5. The number of hydrogen-bond acceptors (Lipinski definition) is 3. The molecule has 1 saturated heterocycles. The maximum Gasteiger partial charge on any atom is 0.256 e. The number of nitrogen functional groups attached to an aromatic ring is 1. The molecule has 98 valence electrons. The van der Waals surface area contributed by atoms with Gasteiger partial charge < -0.3 is 10.3 Å². The third-order valence-electron chi connectivity index (χ3n) is 3.28. The highest BCUT2D eigenvalue weighted by Crippen LogP contribution is 2.21. The van der Waals surface area contributed by atoms with E-state index in [0.717, 1.165) is 38.8 Å². The van der Waals surface area contributed by atoms with Crippen LogP contribution in [-0.4, -0.2) is 23.9 Å². The first-order valence-electron chi connectivity index (χ1n) is 6.28. The molecule has 1 aromatic rings. The number of para-hydroxylation sites is 1. The minimum Gasteiger partial charge on any atom is -0.339 e. The van der Waals surface area contributed by atoms with Crippen LogP contribution in [0.25, 0.3) is 0 Å². The Kier molecular flexibility index (Phi) is 4.15. The Labute approximate surface area is 106 Å². The van der Waals surface area contributed by atoms with Gasteiger partial charge in [0.25, 0.3) is 5.91 Å². The van der Waals surface area contributed by atoms with E-state index in [1.54, 1.807) is 11.0 Å². The van der Waals surface area contributed by atoms with Crippen LogP contribution in [0.4, 0.5) is 10.1 Å².